The Balaban J connectivity index is 1.34. The molecular weight excluding hydrogens is 336 g/mol. The standard InChI is InChI=1S/C21H30N6/c1-14-9-15(2)27(26-14)13-21(7-8-21)12-23-20-17-10-22-11-18(17)24-19(25-20)16-5-3-4-6-16/h9,16,22H,3-8,10-13H2,1-2H3,(H,23,24,25). The van der Waals surface area contributed by atoms with Gasteiger partial charge in [0.15, 0.2) is 0 Å². The number of rotatable bonds is 6. The predicted molar refractivity (Wildman–Crippen MR) is 106 cm³/mol. The van der Waals surface area contributed by atoms with Gasteiger partial charge < -0.3 is 10.6 Å². The van der Waals surface area contributed by atoms with Gasteiger partial charge in [0.05, 0.1) is 11.4 Å². The van der Waals surface area contributed by atoms with Crippen LogP contribution < -0.4 is 10.6 Å². The highest BCUT2D eigenvalue weighted by Crippen LogP contribution is 2.47. The normalized spacial score (nSPS) is 20.8. The second-order valence-electron chi connectivity index (χ2n) is 8.88. The molecule has 2 aromatic rings. The van der Waals surface area contributed by atoms with E-state index in [1.807, 2.05) is 0 Å². The zero-order valence-electron chi connectivity index (χ0n) is 16.5. The lowest BCUT2D eigenvalue weighted by Crippen LogP contribution is -2.24. The van der Waals surface area contributed by atoms with Gasteiger partial charge in [-0.1, -0.05) is 12.8 Å². The number of anilines is 1. The average Bonchev–Trinajstić information content (AvgIpc) is 3.04. The number of hydrogen-bond acceptors (Lipinski definition) is 5. The fourth-order valence-electron chi connectivity index (χ4n) is 4.69. The molecule has 0 bridgehead atoms. The van der Waals surface area contributed by atoms with Crippen LogP contribution in [0.1, 0.15) is 72.9 Å². The molecule has 2 aliphatic carbocycles. The molecule has 0 unspecified atom stereocenters. The molecule has 0 spiro atoms. The molecule has 1 aliphatic heterocycles. The van der Waals surface area contributed by atoms with E-state index in [4.69, 9.17) is 9.97 Å². The summed E-state index contributed by atoms with van der Waals surface area (Å²) >= 11 is 0. The quantitative estimate of drug-likeness (QED) is 0.820. The van der Waals surface area contributed by atoms with Gasteiger partial charge >= 0.3 is 0 Å². The zero-order valence-corrected chi connectivity index (χ0v) is 16.5. The van der Waals surface area contributed by atoms with Crippen molar-refractivity contribution in [1.29, 1.82) is 0 Å². The third kappa shape index (κ3) is 3.35. The third-order valence-corrected chi connectivity index (χ3v) is 6.60. The first kappa shape index (κ1) is 17.2. The molecule has 2 aromatic heterocycles. The Kier molecular flexibility index (Phi) is 4.19. The summed E-state index contributed by atoms with van der Waals surface area (Å²) in [6.07, 6.45) is 7.65. The Morgan fingerprint density at radius 3 is 2.70 bits per heavy atom. The van der Waals surface area contributed by atoms with Crippen molar-refractivity contribution in [1.82, 2.24) is 25.1 Å². The largest absolute Gasteiger partial charge is 0.369 e. The van der Waals surface area contributed by atoms with E-state index >= 15 is 0 Å². The lowest BCUT2D eigenvalue weighted by Gasteiger charge is -2.20. The van der Waals surface area contributed by atoms with Crippen molar-refractivity contribution < 1.29 is 0 Å². The lowest BCUT2D eigenvalue weighted by molar-refractivity contribution is 0.409. The lowest BCUT2D eigenvalue weighted by atomic mass is 10.1. The summed E-state index contributed by atoms with van der Waals surface area (Å²) < 4.78 is 2.18. The molecule has 0 saturated heterocycles. The monoisotopic (exact) mass is 366 g/mol. The molecule has 6 nitrogen and oxygen atoms in total. The molecule has 0 radical (unpaired) electrons. The van der Waals surface area contributed by atoms with Crippen molar-refractivity contribution in [2.75, 3.05) is 11.9 Å². The molecule has 2 saturated carbocycles. The fourth-order valence-corrected chi connectivity index (χ4v) is 4.69. The van der Waals surface area contributed by atoms with Crippen molar-refractivity contribution >= 4 is 5.82 Å². The van der Waals surface area contributed by atoms with E-state index in [0.717, 1.165) is 43.5 Å². The van der Waals surface area contributed by atoms with Gasteiger partial charge in [-0.3, -0.25) is 4.68 Å². The Labute approximate surface area is 161 Å². The molecular formula is C21H30N6. The molecule has 6 heteroatoms. The van der Waals surface area contributed by atoms with Crippen LogP contribution in [-0.4, -0.2) is 26.3 Å². The van der Waals surface area contributed by atoms with Crippen molar-refractivity contribution in [2.24, 2.45) is 5.41 Å². The number of aromatic nitrogens is 4. The van der Waals surface area contributed by atoms with Crippen LogP contribution in [0.2, 0.25) is 0 Å². The number of nitrogens with one attached hydrogen (secondary N) is 2. The molecule has 2 fully saturated rings. The Morgan fingerprint density at radius 1 is 1.19 bits per heavy atom. The van der Waals surface area contributed by atoms with Gasteiger partial charge in [-0.15, -0.1) is 0 Å². The van der Waals surface area contributed by atoms with Gasteiger partial charge in [-0.2, -0.15) is 5.10 Å². The minimum atomic E-state index is 0.320. The van der Waals surface area contributed by atoms with Gasteiger partial charge in [0.2, 0.25) is 0 Å². The summed E-state index contributed by atoms with van der Waals surface area (Å²) in [6.45, 7) is 7.96. The van der Waals surface area contributed by atoms with Crippen LogP contribution in [0, 0.1) is 19.3 Å². The van der Waals surface area contributed by atoms with E-state index in [1.165, 1.54) is 55.5 Å². The van der Waals surface area contributed by atoms with Gasteiger partial charge in [-0.05, 0) is 45.6 Å². The van der Waals surface area contributed by atoms with E-state index in [-0.39, 0.29) is 0 Å². The van der Waals surface area contributed by atoms with Crippen LogP contribution >= 0.6 is 0 Å². The Morgan fingerprint density at radius 2 is 2.00 bits per heavy atom. The highest BCUT2D eigenvalue weighted by Gasteiger charge is 2.43. The molecule has 0 aromatic carbocycles. The summed E-state index contributed by atoms with van der Waals surface area (Å²) in [5, 5.41) is 11.8. The Hall–Kier alpha value is -1.95. The summed E-state index contributed by atoms with van der Waals surface area (Å²) in [7, 11) is 0. The molecule has 3 heterocycles. The maximum Gasteiger partial charge on any atom is 0.134 e. The van der Waals surface area contributed by atoms with Crippen molar-refractivity contribution in [3.63, 3.8) is 0 Å². The fraction of sp³-hybridized carbons (Fsp3) is 0.667. The summed E-state index contributed by atoms with van der Waals surface area (Å²) in [5.41, 5.74) is 5.17. The number of nitrogens with zero attached hydrogens (tertiary/aromatic N) is 4. The van der Waals surface area contributed by atoms with Crippen LogP contribution in [0.25, 0.3) is 0 Å². The zero-order chi connectivity index (χ0) is 18.4. The van der Waals surface area contributed by atoms with Crippen LogP contribution in [0.5, 0.6) is 0 Å². The average molecular weight is 367 g/mol. The molecule has 27 heavy (non-hydrogen) atoms. The van der Waals surface area contributed by atoms with Gasteiger partial charge in [0.25, 0.3) is 0 Å². The molecule has 3 aliphatic rings. The first-order chi connectivity index (χ1) is 13.1. The first-order valence-electron chi connectivity index (χ1n) is 10.5. The summed E-state index contributed by atoms with van der Waals surface area (Å²) in [6, 6.07) is 2.17. The molecule has 0 atom stereocenters. The van der Waals surface area contributed by atoms with E-state index in [2.05, 4.69) is 40.3 Å². The van der Waals surface area contributed by atoms with Gasteiger partial charge in [-0.25, -0.2) is 9.97 Å². The van der Waals surface area contributed by atoms with Crippen LogP contribution in [0.4, 0.5) is 5.82 Å². The van der Waals surface area contributed by atoms with E-state index in [1.54, 1.807) is 0 Å². The van der Waals surface area contributed by atoms with Crippen LogP contribution in [0.15, 0.2) is 6.07 Å². The maximum absolute atomic E-state index is 5.00. The SMILES string of the molecule is Cc1cc(C)n(CC2(CNc3nc(C4CCCC4)nc4c3CNC4)CC2)n1. The smallest absolute Gasteiger partial charge is 0.134 e. The van der Waals surface area contributed by atoms with Crippen molar-refractivity contribution in [3.05, 3.63) is 34.5 Å². The predicted octanol–water partition coefficient (Wildman–Crippen LogP) is 3.44. The van der Waals surface area contributed by atoms with E-state index < -0.39 is 0 Å². The summed E-state index contributed by atoms with van der Waals surface area (Å²) in [5.74, 6) is 2.70. The van der Waals surface area contributed by atoms with E-state index in [0.29, 0.717) is 11.3 Å². The molecule has 2 N–H and O–H groups in total. The van der Waals surface area contributed by atoms with E-state index in [9.17, 15) is 0 Å². The minimum absolute atomic E-state index is 0.320. The Bertz CT molecular complexity index is 845. The van der Waals surface area contributed by atoms with Crippen molar-refractivity contribution in [2.45, 2.75) is 77.9 Å². The van der Waals surface area contributed by atoms with Gasteiger partial charge in [0.1, 0.15) is 11.6 Å². The third-order valence-electron chi connectivity index (χ3n) is 6.60. The minimum Gasteiger partial charge on any atom is -0.369 e. The highest BCUT2D eigenvalue weighted by molar-refractivity contribution is 5.49. The highest BCUT2D eigenvalue weighted by atomic mass is 15.3. The molecule has 5 rings (SSSR count). The molecule has 0 amide bonds. The number of hydrogen-bond donors (Lipinski definition) is 2. The van der Waals surface area contributed by atoms with Crippen molar-refractivity contribution in [3.8, 4) is 0 Å². The number of aryl methyl sites for hydroxylation is 2. The number of fused-ring (bicyclic) bond motifs is 1. The van der Waals surface area contributed by atoms with Crippen LogP contribution in [-0.2, 0) is 19.6 Å². The second kappa shape index (κ2) is 6.59. The topological polar surface area (TPSA) is 67.7 Å². The maximum atomic E-state index is 5.00. The first-order valence-corrected chi connectivity index (χ1v) is 10.5. The van der Waals surface area contributed by atoms with Crippen LogP contribution in [0.3, 0.4) is 0 Å². The van der Waals surface area contributed by atoms with Gasteiger partial charge in [0, 0.05) is 48.8 Å². The second-order valence-corrected chi connectivity index (χ2v) is 8.88. The molecule has 144 valence electrons. The summed E-state index contributed by atoms with van der Waals surface area (Å²) in [4.78, 5) is 9.91.